The number of aryl methyl sites for hydroxylation is 1. The molecule has 2 heterocycles. The van der Waals surface area contributed by atoms with Crippen LogP contribution in [0.5, 0.6) is 0 Å². The zero-order valence-corrected chi connectivity index (χ0v) is 15.6. The molecule has 1 aromatic carbocycles. The maximum Gasteiger partial charge on any atom is 0.359 e. The molecule has 3 rings (SSSR count). The number of nitrogens with zero attached hydrogens (tertiary/aromatic N) is 3. The molecule has 0 bridgehead atoms. The van der Waals surface area contributed by atoms with Crippen molar-refractivity contribution in [3.8, 4) is 0 Å². The normalized spacial score (nSPS) is 11.8. The van der Waals surface area contributed by atoms with Gasteiger partial charge in [-0.15, -0.1) is 0 Å². The Bertz CT molecular complexity index is 1090. The molecule has 1 N–H and O–H groups in total. The number of carbonyl (C=O) groups is 2. The monoisotopic (exact) mass is 402 g/mol. The molecule has 2 aromatic heterocycles. The first kappa shape index (κ1) is 19.3. The highest BCUT2D eigenvalue weighted by Gasteiger charge is 2.22. The van der Waals surface area contributed by atoms with E-state index in [2.05, 4.69) is 10.3 Å². The first-order valence-corrected chi connectivity index (χ1v) is 8.54. The number of hydrogen-bond acceptors (Lipinski definition) is 6. The van der Waals surface area contributed by atoms with Gasteiger partial charge in [-0.3, -0.25) is 14.9 Å². The van der Waals surface area contributed by atoms with E-state index in [4.69, 9.17) is 16.3 Å². The van der Waals surface area contributed by atoms with Crippen LogP contribution in [0.1, 0.15) is 23.1 Å². The maximum absolute atomic E-state index is 12.3. The van der Waals surface area contributed by atoms with Gasteiger partial charge in [-0.2, -0.15) is 0 Å². The minimum Gasteiger partial charge on any atom is -0.448 e. The van der Waals surface area contributed by atoms with E-state index in [0.29, 0.717) is 5.65 Å². The number of imidazole rings is 1. The first-order chi connectivity index (χ1) is 13.3. The summed E-state index contributed by atoms with van der Waals surface area (Å²) < 4.78 is 6.88. The number of amides is 1. The molecule has 1 amide bonds. The number of esters is 1. The number of nitro groups is 1. The average Bonchev–Trinajstić information content (AvgIpc) is 3.09. The van der Waals surface area contributed by atoms with Crippen LogP contribution in [0.25, 0.3) is 5.65 Å². The van der Waals surface area contributed by atoms with Crippen LogP contribution >= 0.6 is 11.6 Å². The number of aromatic nitrogens is 2. The summed E-state index contributed by atoms with van der Waals surface area (Å²) in [5, 5.41) is 13.4. The minimum atomic E-state index is -1.17. The number of benzene rings is 1. The Morgan fingerprint density at radius 3 is 2.75 bits per heavy atom. The van der Waals surface area contributed by atoms with E-state index in [-0.39, 0.29) is 22.1 Å². The summed E-state index contributed by atoms with van der Waals surface area (Å²) in [6.45, 7) is 3.24. The molecule has 1 atom stereocenters. The Balaban J connectivity index is 1.71. The number of rotatable bonds is 5. The highest BCUT2D eigenvalue weighted by molar-refractivity contribution is 6.33. The predicted molar refractivity (Wildman–Crippen MR) is 102 cm³/mol. The molecule has 0 radical (unpaired) electrons. The van der Waals surface area contributed by atoms with Gasteiger partial charge in [0.15, 0.2) is 11.8 Å². The van der Waals surface area contributed by atoms with Crippen LogP contribution < -0.4 is 5.32 Å². The van der Waals surface area contributed by atoms with E-state index in [0.717, 1.165) is 11.8 Å². The summed E-state index contributed by atoms with van der Waals surface area (Å²) in [5.41, 5.74) is 1.33. The highest BCUT2D eigenvalue weighted by Crippen LogP contribution is 2.27. The van der Waals surface area contributed by atoms with E-state index in [1.807, 2.05) is 19.1 Å². The molecule has 28 heavy (non-hydrogen) atoms. The van der Waals surface area contributed by atoms with Crippen molar-refractivity contribution in [1.29, 1.82) is 0 Å². The lowest BCUT2D eigenvalue weighted by Crippen LogP contribution is -2.30. The number of non-ortho nitro benzene ring substituents is 1. The van der Waals surface area contributed by atoms with Gasteiger partial charge in [-0.1, -0.05) is 17.7 Å². The largest absolute Gasteiger partial charge is 0.448 e. The lowest BCUT2D eigenvalue weighted by Gasteiger charge is -2.13. The SMILES string of the molecule is Cc1cccc2nc(C(=O)OC(C)C(=O)Nc3cc([N+](=O)[O-])ccc3Cl)cn12. The van der Waals surface area contributed by atoms with Crippen molar-refractivity contribution in [2.75, 3.05) is 5.32 Å². The fourth-order valence-electron chi connectivity index (χ4n) is 2.48. The molecule has 1 unspecified atom stereocenters. The zero-order chi connectivity index (χ0) is 20.4. The van der Waals surface area contributed by atoms with E-state index in [1.165, 1.54) is 25.3 Å². The Morgan fingerprint density at radius 2 is 2.07 bits per heavy atom. The number of ether oxygens (including phenoxy) is 1. The summed E-state index contributed by atoms with van der Waals surface area (Å²) in [6, 6.07) is 9.05. The first-order valence-electron chi connectivity index (χ1n) is 8.17. The third kappa shape index (κ3) is 3.94. The van der Waals surface area contributed by atoms with Crippen molar-refractivity contribution in [2.45, 2.75) is 20.0 Å². The maximum atomic E-state index is 12.3. The molecule has 0 fully saturated rings. The molecule has 144 valence electrons. The van der Waals surface area contributed by atoms with Crippen molar-refractivity contribution in [1.82, 2.24) is 9.38 Å². The second-order valence-electron chi connectivity index (χ2n) is 5.98. The van der Waals surface area contributed by atoms with Crippen molar-refractivity contribution in [3.63, 3.8) is 0 Å². The lowest BCUT2D eigenvalue weighted by molar-refractivity contribution is -0.384. The van der Waals surface area contributed by atoms with Crippen molar-refractivity contribution in [2.24, 2.45) is 0 Å². The second-order valence-corrected chi connectivity index (χ2v) is 6.39. The summed E-state index contributed by atoms with van der Waals surface area (Å²) in [5.74, 6) is -1.45. The zero-order valence-electron chi connectivity index (χ0n) is 14.9. The number of pyridine rings is 1. The number of carbonyl (C=O) groups excluding carboxylic acids is 2. The Hall–Kier alpha value is -3.46. The van der Waals surface area contributed by atoms with Gasteiger partial charge in [0.2, 0.25) is 0 Å². The van der Waals surface area contributed by atoms with Gasteiger partial charge in [0, 0.05) is 24.0 Å². The molecule has 0 saturated carbocycles. The number of hydrogen-bond donors (Lipinski definition) is 1. The van der Waals surface area contributed by atoms with E-state index in [1.54, 1.807) is 10.5 Å². The van der Waals surface area contributed by atoms with Crippen molar-refractivity contribution >= 4 is 40.5 Å². The van der Waals surface area contributed by atoms with Crippen LogP contribution in [-0.2, 0) is 9.53 Å². The standard InChI is InChI=1S/C18H15ClN4O5/c1-10-4-3-5-16-20-15(9-22(10)16)18(25)28-11(2)17(24)21-14-8-12(23(26)27)6-7-13(14)19/h3-9,11H,1-2H3,(H,21,24). The van der Waals surface area contributed by atoms with Gasteiger partial charge >= 0.3 is 5.97 Å². The fraction of sp³-hybridized carbons (Fsp3) is 0.167. The van der Waals surface area contributed by atoms with E-state index >= 15 is 0 Å². The van der Waals surface area contributed by atoms with Crippen LogP contribution in [0, 0.1) is 17.0 Å². The van der Waals surface area contributed by atoms with Crippen LogP contribution in [0.2, 0.25) is 5.02 Å². The summed E-state index contributed by atoms with van der Waals surface area (Å²) in [4.78, 5) is 39.0. The molecule has 9 nitrogen and oxygen atoms in total. The Morgan fingerprint density at radius 1 is 1.32 bits per heavy atom. The Kier molecular flexibility index (Phi) is 5.27. The van der Waals surface area contributed by atoms with Gasteiger partial charge in [0.1, 0.15) is 5.65 Å². The van der Waals surface area contributed by atoms with Crippen LogP contribution in [-0.4, -0.2) is 32.3 Å². The minimum absolute atomic E-state index is 0.0483. The topological polar surface area (TPSA) is 116 Å². The molecule has 0 aliphatic carbocycles. The smallest absolute Gasteiger partial charge is 0.359 e. The van der Waals surface area contributed by atoms with Gasteiger partial charge in [-0.25, -0.2) is 9.78 Å². The second kappa shape index (κ2) is 7.65. The fourth-order valence-corrected chi connectivity index (χ4v) is 2.64. The predicted octanol–water partition coefficient (Wildman–Crippen LogP) is 3.39. The quantitative estimate of drug-likeness (QED) is 0.397. The Labute approximate surface area is 164 Å². The molecule has 0 aliphatic heterocycles. The third-order valence-electron chi connectivity index (χ3n) is 3.98. The van der Waals surface area contributed by atoms with Gasteiger partial charge < -0.3 is 14.5 Å². The van der Waals surface area contributed by atoms with Gasteiger partial charge in [-0.05, 0) is 32.0 Å². The lowest BCUT2D eigenvalue weighted by atomic mass is 10.2. The molecular weight excluding hydrogens is 388 g/mol. The number of nitrogens with one attached hydrogen (secondary N) is 1. The van der Waals surface area contributed by atoms with Crippen LogP contribution in [0.3, 0.4) is 0 Å². The number of anilines is 1. The van der Waals surface area contributed by atoms with Crippen molar-refractivity contribution in [3.05, 3.63) is 69.1 Å². The van der Waals surface area contributed by atoms with Gasteiger partial charge in [0.25, 0.3) is 11.6 Å². The number of halogens is 1. The molecular formula is C18H15ClN4O5. The van der Waals surface area contributed by atoms with E-state index in [9.17, 15) is 19.7 Å². The van der Waals surface area contributed by atoms with Crippen LogP contribution in [0.15, 0.2) is 42.6 Å². The average molecular weight is 403 g/mol. The highest BCUT2D eigenvalue weighted by atomic mass is 35.5. The summed E-state index contributed by atoms with van der Waals surface area (Å²) in [6.07, 6.45) is 0.350. The molecule has 0 aliphatic rings. The number of nitro benzene ring substituents is 1. The summed E-state index contributed by atoms with van der Waals surface area (Å²) >= 11 is 5.95. The molecule has 0 spiro atoms. The molecule has 3 aromatic rings. The third-order valence-corrected chi connectivity index (χ3v) is 4.31. The molecule has 10 heteroatoms. The van der Waals surface area contributed by atoms with E-state index < -0.39 is 22.9 Å². The van der Waals surface area contributed by atoms with Crippen LogP contribution in [0.4, 0.5) is 11.4 Å². The van der Waals surface area contributed by atoms with Gasteiger partial charge in [0.05, 0.1) is 15.6 Å². The summed E-state index contributed by atoms with van der Waals surface area (Å²) in [7, 11) is 0. The number of fused-ring (bicyclic) bond motifs is 1. The van der Waals surface area contributed by atoms with Crippen molar-refractivity contribution < 1.29 is 19.2 Å². The molecule has 0 saturated heterocycles.